The number of rotatable bonds is 11. The molecule has 0 amide bonds. The van der Waals surface area contributed by atoms with Gasteiger partial charge in [0.2, 0.25) is 0 Å². The molecule has 0 radical (unpaired) electrons. The van der Waals surface area contributed by atoms with Gasteiger partial charge in [-0.3, -0.25) is 0 Å². The Hall–Kier alpha value is -8.94. The van der Waals surface area contributed by atoms with Gasteiger partial charge in [0.15, 0.2) is 0 Å². The normalized spacial score (nSPS) is 14.8. The quantitative estimate of drug-likeness (QED) is 0.0953. The summed E-state index contributed by atoms with van der Waals surface area (Å²) >= 11 is 0. The fourth-order valence-electron chi connectivity index (χ4n) is 10.9. The Kier molecular flexibility index (Phi) is 9.99. The summed E-state index contributed by atoms with van der Waals surface area (Å²) in [4.78, 5) is 23.5. The smallest absolute Gasteiger partial charge is 0.339 e. The van der Waals surface area contributed by atoms with Crippen LogP contribution in [0.15, 0.2) is 188 Å². The van der Waals surface area contributed by atoms with Crippen molar-refractivity contribution in [2.45, 2.75) is 60.0 Å². The maximum atomic E-state index is 10.2. The summed E-state index contributed by atoms with van der Waals surface area (Å²) in [6.45, 7) is 4.76. The van der Waals surface area contributed by atoms with Gasteiger partial charge in [0, 0.05) is 66.9 Å². The van der Waals surface area contributed by atoms with Crippen LogP contribution in [0.1, 0.15) is 67.0 Å². The van der Waals surface area contributed by atoms with E-state index in [0.29, 0.717) is 77.8 Å². The molecular weight excluding hydrogens is 1160 g/mol. The largest absolute Gasteiger partial charge is 3.00 e. The number of imidazole rings is 2. The first-order valence-electron chi connectivity index (χ1n) is 32.0. The van der Waals surface area contributed by atoms with Crippen molar-refractivity contribution in [1.29, 1.82) is 0 Å². The number of hydrogen-bond donors (Lipinski definition) is 0. The number of aromatic nitrogens is 7. The van der Waals surface area contributed by atoms with Crippen molar-refractivity contribution in [2.75, 3.05) is 0 Å². The summed E-state index contributed by atoms with van der Waals surface area (Å²) in [6.07, 6.45) is -7.23. The van der Waals surface area contributed by atoms with E-state index in [0.717, 1.165) is 33.5 Å². The molecule has 0 N–H and O–H groups in total. The summed E-state index contributed by atoms with van der Waals surface area (Å²) in [5.74, 6) is 0. The van der Waals surface area contributed by atoms with E-state index in [9.17, 15) is 11.0 Å². The minimum Gasteiger partial charge on any atom is -0.339 e. The van der Waals surface area contributed by atoms with E-state index < -0.39 is 32.3 Å². The molecule has 80 heavy (non-hydrogen) atoms. The van der Waals surface area contributed by atoms with Crippen LogP contribution in [0.25, 0.3) is 111 Å². The van der Waals surface area contributed by atoms with E-state index in [1.165, 1.54) is 54.9 Å². The van der Waals surface area contributed by atoms with Gasteiger partial charge in [0.1, 0.15) is 11.3 Å². The molecular formula is C72H54IrN7. The molecule has 7 aromatic carbocycles. The standard InChI is InChI=1S/C72H54N7.Ir/c1-44-34-37-75-70-62-32-25-50(42-67(62)79-48(5)46(3)77-72(79)68(44)70)21-23-52-38-51(22-20-49-24-31-61-66(41-49)78-47(4)45(2)76-71(78)63-18-13-36-74-69(61)63)39-57(40-52)58-16-9-10-17-59(58)60-33-30-56(65-19-11-12-35-73-65)43-64(60)55-28-26-54(27-29-55)53-14-7-6-8-15-53;/h6-19,24-29,33-43H,20-23H2,1-5H3;/q-3;+3/i1D3,18D,20D2,21D2,22D2,23D2;. The van der Waals surface area contributed by atoms with Crippen LogP contribution >= 0.6 is 0 Å². The number of fused-ring (bicyclic) bond motifs is 12. The molecule has 0 bridgehead atoms. The third-order valence-corrected chi connectivity index (χ3v) is 15.0. The van der Waals surface area contributed by atoms with Crippen LogP contribution in [0.5, 0.6) is 0 Å². The summed E-state index contributed by atoms with van der Waals surface area (Å²) < 4.78 is 118. The molecule has 0 aliphatic heterocycles. The molecule has 0 fully saturated rings. The van der Waals surface area contributed by atoms with E-state index in [2.05, 4.69) is 45.3 Å². The van der Waals surface area contributed by atoms with Gasteiger partial charge in [0.05, 0.1) is 12.8 Å². The predicted octanol–water partition coefficient (Wildman–Crippen LogP) is 16.6. The van der Waals surface area contributed by atoms with Crippen molar-refractivity contribution in [3.63, 3.8) is 0 Å². The van der Waals surface area contributed by atoms with Gasteiger partial charge < -0.3 is 23.8 Å². The van der Waals surface area contributed by atoms with Crippen LogP contribution in [0, 0.1) is 52.7 Å². The summed E-state index contributed by atoms with van der Waals surface area (Å²) in [5.41, 5.74) is 11.3. The second kappa shape index (κ2) is 20.7. The minimum atomic E-state index is -3.02. The van der Waals surface area contributed by atoms with Crippen molar-refractivity contribution in [1.82, 2.24) is 33.7 Å². The van der Waals surface area contributed by atoms with Gasteiger partial charge in [-0.1, -0.05) is 145 Å². The number of aryl methyl sites for hydroxylation is 9. The summed E-state index contributed by atoms with van der Waals surface area (Å²) in [7, 11) is 0. The Morgan fingerprint density at radius 2 is 1.09 bits per heavy atom. The topological polar surface area (TPSA) is 73.3 Å². The minimum absolute atomic E-state index is 0. The van der Waals surface area contributed by atoms with Crippen LogP contribution in [0.4, 0.5) is 0 Å². The molecule has 14 rings (SSSR count). The van der Waals surface area contributed by atoms with Crippen molar-refractivity contribution in [3.8, 4) is 55.8 Å². The molecule has 7 nitrogen and oxygen atoms in total. The molecule has 8 heteroatoms. The molecule has 0 spiro atoms. The SMILES string of the molecule is [2H]c1ccnc2c3[c-]cc(C([2H])([2H])C([2H])([2H])c4cc(-c5ccccc5-c5c[c-]c(-c6ccccn6)cc5-c5ccc(-c6ccccc6)cc5)cc(C([2H])([2H])C([2H])([2H])c5c[c-]c6c7nccc(C([2H])([2H])[2H])c7c7nc(C)c(C)n7c6c5)c4)cc3n3c(C)c(C)nc3c12.[Ir+3]. The van der Waals surface area contributed by atoms with E-state index >= 15 is 0 Å². The molecule has 0 aliphatic rings. The third-order valence-electron chi connectivity index (χ3n) is 15.0. The van der Waals surface area contributed by atoms with Crippen molar-refractivity contribution in [2.24, 2.45) is 0 Å². The number of pyridine rings is 5. The predicted molar refractivity (Wildman–Crippen MR) is 322 cm³/mol. The molecule has 7 aromatic heterocycles. The summed E-state index contributed by atoms with van der Waals surface area (Å²) in [6, 6.07) is 58.3. The Morgan fingerprint density at radius 1 is 0.487 bits per heavy atom. The zero-order valence-electron chi connectivity index (χ0n) is 55.8. The summed E-state index contributed by atoms with van der Waals surface area (Å²) in [5, 5.41) is 1.61. The van der Waals surface area contributed by atoms with Gasteiger partial charge >= 0.3 is 20.1 Å². The monoisotopic (exact) mass is 1220 g/mol. The van der Waals surface area contributed by atoms with Crippen LogP contribution < -0.4 is 0 Å². The molecule has 0 saturated heterocycles. The average Bonchev–Trinajstić information content (AvgIpc) is 1.31. The molecule has 0 aliphatic carbocycles. The zero-order chi connectivity index (χ0) is 63.8. The third kappa shape index (κ3) is 8.86. The van der Waals surface area contributed by atoms with Crippen LogP contribution in [0.3, 0.4) is 0 Å². The first-order valence-corrected chi connectivity index (χ1v) is 26.0. The second-order valence-corrected chi connectivity index (χ2v) is 19.8. The molecule has 0 unspecified atom stereocenters. The van der Waals surface area contributed by atoms with Crippen LogP contribution in [-0.2, 0) is 45.6 Å². The maximum Gasteiger partial charge on any atom is 3.00 e. The molecule has 0 atom stereocenters. The Bertz CT molecular complexity index is 5300. The van der Waals surface area contributed by atoms with E-state index in [1.54, 1.807) is 29.7 Å². The van der Waals surface area contributed by atoms with Crippen molar-refractivity contribution < 1.29 is 36.6 Å². The van der Waals surface area contributed by atoms with Gasteiger partial charge in [-0.15, -0.1) is 82.1 Å². The van der Waals surface area contributed by atoms with Gasteiger partial charge in [-0.05, 0) is 127 Å². The molecule has 386 valence electrons. The van der Waals surface area contributed by atoms with E-state index in [-0.39, 0.29) is 76.1 Å². The van der Waals surface area contributed by atoms with Gasteiger partial charge in [-0.25, -0.2) is 9.97 Å². The van der Waals surface area contributed by atoms with E-state index in [1.807, 2.05) is 122 Å². The molecule has 0 saturated carbocycles. The Balaban J connectivity index is 0.00000773. The van der Waals surface area contributed by atoms with Crippen LogP contribution in [0.2, 0.25) is 0 Å². The first-order chi connectivity index (χ1) is 43.4. The van der Waals surface area contributed by atoms with Crippen LogP contribution in [-0.4, -0.2) is 33.7 Å². The van der Waals surface area contributed by atoms with Crippen molar-refractivity contribution >= 4 is 54.9 Å². The van der Waals surface area contributed by atoms with Gasteiger partial charge in [0.25, 0.3) is 0 Å². The average molecular weight is 1220 g/mol. The van der Waals surface area contributed by atoms with Gasteiger partial charge in [-0.2, -0.15) is 0 Å². The maximum absolute atomic E-state index is 10.2. The number of benzene rings is 7. The molecule has 14 aromatic rings. The van der Waals surface area contributed by atoms with Crippen molar-refractivity contribution in [3.05, 3.63) is 257 Å². The Labute approximate surface area is 496 Å². The first kappa shape index (κ1) is 38.6. The zero-order valence-corrected chi connectivity index (χ0v) is 46.2. The second-order valence-electron chi connectivity index (χ2n) is 19.8. The Morgan fingerprint density at radius 3 is 1.79 bits per heavy atom. The fraction of sp³-hybridized carbons (Fsp3) is 0.125. The number of hydrogen-bond acceptors (Lipinski definition) is 5. The molecule has 7 heterocycles. The number of nitrogens with zero attached hydrogens (tertiary/aromatic N) is 7. The van der Waals surface area contributed by atoms with E-state index in [4.69, 9.17) is 15.5 Å². The fourth-order valence-corrected chi connectivity index (χ4v) is 10.9.